The topological polar surface area (TPSA) is 79.0 Å². The van der Waals surface area contributed by atoms with Gasteiger partial charge in [0.15, 0.2) is 0 Å². The summed E-state index contributed by atoms with van der Waals surface area (Å²) in [6.07, 6.45) is 5.29. The van der Waals surface area contributed by atoms with E-state index in [0.717, 1.165) is 30.7 Å². The van der Waals surface area contributed by atoms with E-state index in [4.69, 9.17) is 4.74 Å². The first-order valence-electron chi connectivity index (χ1n) is 8.80. The number of aromatic nitrogens is 2. The second-order valence-corrected chi connectivity index (χ2v) is 6.07. The Morgan fingerprint density at radius 2 is 2.08 bits per heavy atom. The molecule has 2 aromatic heterocycles. The SMILES string of the molecule is COCCCNc1ccc(C(=O)NCCc2c[nH]c3ccccc23)cn1. The molecule has 26 heavy (non-hydrogen) atoms. The molecule has 1 amide bonds. The number of methoxy groups -OCH3 is 1. The van der Waals surface area contributed by atoms with Crippen LogP contribution in [-0.2, 0) is 11.2 Å². The number of anilines is 1. The standard InChI is InChI=1S/C20H24N4O2/c1-26-12-4-10-21-19-8-7-16(14-24-19)20(25)22-11-9-15-13-23-18-6-3-2-5-17(15)18/h2-3,5-8,13-14,23H,4,9-12H2,1H3,(H,21,24)(H,22,25). The largest absolute Gasteiger partial charge is 0.385 e. The van der Waals surface area contributed by atoms with E-state index in [1.54, 1.807) is 19.4 Å². The van der Waals surface area contributed by atoms with Gasteiger partial charge in [-0.15, -0.1) is 0 Å². The molecule has 0 radical (unpaired) electrons. The summed E-state index contributed by atoms with van der Waals surface area (Å²) in [5.41, 5.74) is 2.88. The summed E-state index contributed by atoms with van der Waals surface area (Å²) in [6.45, 7) is 2.08. The lowest BCUT2D eigenvalue weighted by Crippen LogP contribution is -2.25. The highest BCUT2D eigenvalue weighted by atomic mass is 16.5. The Labute approximate surface area is 153 Å². The Morgan fingerprint density at radius 1 is 1.19 bits per heavy atom. The van der Waals surface area contributed by atoms with E-state index < -0.39 is 0 Å². The predicted molar refractivity (Wildman–Crippen MR) is 104 cm³/mol. The monoisotopic (exact) mass is 352 g/mol. The van der Waals surface area contributed by atoms with Crippen LogP contribution in [0.25, 0.3) is 10.9 Å². The van der Waals surface area contributed by atoms with E-state index >= 15 is 0 Å². The zero-order valence-electron chi connectivity index (χ0n) is 14.9. The van der Waals surface area contributed by atoms with Gasteiger partial charge in [0.25, 0.3) is 5.91 Å². The number of benzene rings is 1. The smallest absolute Gasteiger partial charge is 0.252 e. The molecule has 1 aromatic carbocycles. The maximum atomic E-state index is 12.3. The average Bonchev–Trinajstić information content (AvgIpc) is 3.09. The van der Waals surface area contributed by atoms with E-state index in [-0.39, 0.29) is 5.91 Å². The minimum Gasteiger partial charge on any atom is -0.385 e. The molecule has 3 rings (SSSR count). The van der Waals surface area contributed by atoms with Crippen molar-refractivity contribution in [1.29, 1.82) is 0 Å². The van der Waals surface area contributed by atoms with Gasteiger partial charge in [-0.25, -0.2) is 4.98 Å². The number of nitrogens with zero attached hydrogens (tertiary/aromatic N) is 1. The van der Waals surface area contributed by atoms with Crippen LogP contribution < -0.4 is 10.6 Å². The van der Waals surface area contributed by atoms with Crippen LogP contribution >= 0.6 is 0 Å². The van der Waals surface area contributed by atoms with Crippen LogP contribution in [0.1, 0.15) is 22.3 Å². The normalized spacial score (nSPS) is 10.8. The van der Waals surface area contributed by atoms with Gasteiger partial charge >= 0.3 is 0 Å². The molecule has 3 N–H and O–H groups in total. The van der Waals surface area contributed by atoms with E-state index in [1.165, 1.54) is 10.9 Å². The first-order chi connectivity index (χ1) is 12.8. The van der Waals surface area contributed by atoms with Crippen molar-refractivity contribution in [2.24, 2.45) is 0 Å². The molecule has 3 aromatic rings. The number of amides is 1. The van der Waals surface area contributed by atoms with E-state index in [9.17, 15) is 4.79 Å². The lowest BCUT2D eigenvalue weighted by Gasteiger charge is -2.07. The van der Waals surface area contributed by atoms with Crippen molar-refractivity contribution < 1.29 is 9.53 Å². The van der Waals surface area contributed by atoms with Crippen molar-refractivity contribution in [2.75, 3.05) is 32.1 Å². The summed E-state index contributed by atoms with van der Waals surface area (Å²) in [6, 6.07) is 11.8. The third kappa shape index (κ3) is 4.61. The summed E-state index contributed by atoms with van der Waals surface area (Å²) >= 11 is 0. The van der Waals surface area contributed by atoms with Crippen molar-refractivity contribution in [3.05, 3.63) is 59.9 Å². The lowest BCUT2D eigenvalue weighted by molar-refractivity contribution is 0.0954. The Bertz CT molecular complexity index is 842. The molecule has 6 heteroatoms. The quantitative estimate of drug-likeness (QED) is 0.517. The number of pyridine rings is 1. The van der Waals surface area contributed by atoms with Crippen LogP contribution in [0.3, 0.4) is 0 Å². The number of hydrogen-bond donors (Lipinski definition) is 3. The fourth-order valence-electron chi connectivity index (χ4n) is 2.82. The van der Waals surface area contributed by atoms with Gasteiger partial charge in [-0.3, -0.25) is 4.79 Å². The molecular weight excluding hydrogens is 328 g/mol. The number of carbonyl (C=O) groups is 1. The number of fused-ring (bicyclic) bond motifs is 1. The highest BCUT2D eigenvalue weighted by molar-refractivity contribution is 5.94. The van der Waals surface area contributed by atoms with E-state index in [0.29, 0.717) is 18.7 Å². The number of nitrogens with one attached hydrogen (secondary N) is 3. The second-order valence-electron chi connectivity index (χ2n) is 6.07. The van der Waals surface area contributed by atoms with Crippen LogP contribution in [0, 0.1) is 0 Å². The highest BCUT2D eigenvalue weighted by Gasteiger charge is 2.07. The molecule has 0 atom stereocenters. The van der Waals surface area contributed by atoms with Gasteiger partial charge in [0.1, 0.15) is 5.82 Å². The van der Waals surface area contributed by atoms with Gasteiger partial charge in [0.2, 0.25) is 0 Å². The van der Waals surface area contributed by atoms with Crippen LogP contribution in [0.4, 0.5) is 5.82 Å². The zero-order valence-corrected chi connectivity index (χ0v) is 14.9. The average molecular weight is 352 g/mol. The van der Waals surface area contributed by atoms with Crippen LogP contribution in [0.2, 0.25) is 0 Å². The maximum Gasteiger partial charge on any atom is 0.252 e. The van der Waals surface area contributed by atoms with Crippen molar-refractivity contribution in [3.63, 3.8) is 0 Å². The first-order valence-corrected chi connectivity index (χ1v) is 8.80. The highest BCUT2D eigenvalue weighted by Crippen LogP contribution is 2.17. The number of aromatic amines is 1. The van der Waals surface area contributed by atoms with Crippen molar-refractivity contribution >= 4 is 22.6 Å². The Balaban J connectivity index is 1.47. The molecule has 0 saturated carbocycles. The predicted octanol–water partition coefficient (Wildman–Crippen LogP) is 2.98. The molecule has 0 saturated heterocycles. The van der Waals surface area contributed by atoms with Crippen molar-refractivity contribution in [1.82, 2.24) is 15.3 Å². The minimum atomic E-state index is -0.108. The number of carbonyl (C=O) groups excluding carboxylic acids is 1. The molecule has 0 aliphatic carbocycles. The van der Waals surface area contributed by atoms with Crippen LogP contribution in [0.15, 0.2) is 48.8 Å². The molecule has 0 unspecified atom stereocenters. The summed E-state index contributed by atoms with van der Waals surface area (Å²) in [7, 11) is 1.68. The number of rotatable bonds is 9. The number of hydrogen-bond acceptors (Lipinski definition) is 4. The van der Waals surface area contributed by atoms with Gasteiger partial charge in [-0.05, 0) is 36.6 Å². The fourth-order valence-corrected chi connectivity index (χ4v) is 2.82. The molecule has 2 heterocycles. The van der Waals surface area contributed by atoms with Crippen molar-refractivity contribution in [2.45, 2.75) is 12.8 Å². The maximum absolute atomic E-state index is 12.3. The number of para-hydroxylation sites is 1. The van der Waals surface area contributed by atoms with Gasteiger partial charge in [-0.1, -0.05) is 18.2 Å². The molecule has 136 valence electrons. The second kappa shape index (κ2) is 9.01. The molecular formula is C20H24N4O2. The number of H-pyrrole nitrogens is 1. The van der Waals surface area contributed by atoms with Gasteiger partial charge in [-0.2, -0.15) is 0 Å². The van der Waals surface area contributed by atoms with E-state index in [2.05, 4.69) is 26.7 Å². The summed E-state index contributed by atoms with van der Waals surface area (Å²) in [5, 5.41) is 7.35. The third-order valence-corrected chi connectivity index (χ3v) is 4.21. The molecule has 0 fully saturated rings. The van der Waals surface area contributed by atoms with Crippen molar-refractivity contribution in [3.8, 4) is 0 Å². The Hall–Kier alpha value is -2.86. The van der Waals surface area contributed by atoms with Crippen LogP contribution in [-0.4, -0.2) is 42.7 Å². The molecule has 0 aliphatic rings. The first kappa shape index (κ1) is 17.9. The molecule has 0 spiro atoms. The van der Waals surface area contributed by atoms with Crippen LogP contribution in [0.5, 0.6) is 0 Å². The molecule has 0 bridgehead atoms. The fraction of sp³-hybridized carbons (Fsp3) is 0.300. The Kier molecular flexibility index (Phi) is 6.22. The summed E-state index contributed by atoms with van der Waals surface area (Å²) in [5.74, 6) is 0.653. The van der Waals surface area contributed by atoms with Gasteiger partial charge < -0.3 is 20.4 Å². The van der Waals surface area contributed by atoms with Gasteiger partial charge in [0.05, 0.1) is 5.56 Å². The number of ether oxygens (including phenoxy) is 1. The molecule has 6 nitrogen and oxygen atoms in total. The lowest BCUT2D eigenvalue weighted by atomic mass is 10.1. The Morgan fingerprint density at radius 3 is 2.88 bits per heavy atom. The summed E-state index contributed by atoms with van der Waals surface area (Å²) < 4.78 is 5.00. The van der Waals surface area contributed by atoms with E-state index in [1.807, 2.05) is 30.5 Å². The zero-order chi connectivity index (χ0) is 18.2. The summed E-state index contributed by atoms with van der Waals surface area (Å²) in [4.78, 5) is 19.8. The minimum absolute atomic E-state index is 0.108. The third-order valence-electron chi connectivity index (χ3n) is 4.21. The van der Waals surface area contributed by atoms with Gasteiger partial charge in [0, 0.05) is 50.1 Å². The molecule has 0 aliphatic heterocycles.